The van der Waals surface area contributed by atoms with Crippen LogP contribution in [-0.2, 0) is 0 Å². The monoisotopic (exact) mass is 960 g/mol. The Labute approximate surface area is 429 Å². The summed E-state index contributed by atoms with van der Waals surface area (Å²) in [4.78, 5) is 15.4. The number of anilines is 6. The van der Waals surface area contributed by atoms with Gasteiger partial charge in [0.1, 0.15) is 0 Å². The Hall–Kier alpha value is -9.80. The first-order valence-electron chi connectivity index (χ1n) is 24.5. The summed E-state index contributed by atoms with van der Waals surface area (Å²) in [7, 11) is 0. The normalized spacial score (nSPS) is 11.2. The van der Waals surface area contributed by atoms with Crippen LogP contribution >= 0.6 is 0 Å². The van der Waals surface area contributed by atoms with Gasteiger partial charge in [0, 0.05) is 67.5 Å². The zero-order valence-corrected chi connectivity index (χ0v) is 41.2. The summed E-state index contributed by atoms with van der Waals surface area (Å²) in [5, 5.41) is 17.4. The van der Waals surface area contributed by atoms with Crippen LogP contribution in [0.4, 0.5) is 34.1 Å². The van der Waals surface area contributed by atoms with E-state index in [1.165, 1.54) is 0 Å². The maximum Gasteiger partial charge on any atom is 0.248 e. The molecule has 0 aliphatic carbocycles. The lowest BCUT2D eigenvalue weighted by atomic mass is 9.93. The summed E-state index contributed by atoms with van der Waals surface area (Å²) in [5.41, 5.74) is 19.2. The van der Waals surface area contributed by atoms with Crippen molar-refractivity contribution >= 4 is 45.2 Å². The molecular weight excluding hydrogens is 913 g/mol. The highest BCUT2D eigenvalue weighted by Crippen LogP contribution is 2.45. The molecule has 0 aliphatic rings. The molecule has 0 saturated carbocycles. The number of rotatable bonds is 12. The molecule has 3 aromatic heterocycles. The van der Waals surface area contributed by atoms with Crippen molar-refractivity contribution in [2.24, 2.45) is 0 Å². The Morgan fingerprint density at radius 1 is 0.297 bits per heavy atom. The van der Waals surface area contributed by atoms with E-state index in [9.17, 15) is 0 Å². The average Bonchev–Trinajstić information content (AvgIpc) is 4.17. The summed E-state index contributed by atoms with van der Waals surface area (Å²) >= 11 is 0. The van der Waals surface area contributed by atoms with Crippen molar-refractivity contribution in [3.05, 3.63) is 241 Å². The van der Waals surface area contributed by atoms with Crippen molar-refractivity contribution in [1.82, 2.24) is 30.4 Å². The molecule has 0 spiro atoms. The van der Waals surface area contributed by atoms with Crippen LogP contribution < -0.4 is 9.80 Å². The number of nitrogens with zero attached hydrogens (tertiary/aromatic N) is 8. The number of fused-ring (bicyclic) bond motifs is 1. The van der Waals surface area contributed by atoms with Crippen molar-refractivity contribution in [2.75, 3.05) is 9.80 Å². The molecule has 356 valence electrons. The number of para-hydroxylation sites is 4. The van der Waals surface area contributed by atoms with Gasteiger partial charge in [0.25, 0.3) is 0 Å². The molecule has 12 rings (SSSR count). The summed E-state index contributed by atoms with van der Waals surface area (Å²) in [6.07, 6.45) is 0. The molecule has 0 fully saturated rings. The zero-order chi connectivity index (χ0) is 50.1. The van der Waals surface area contributed by atoms with Crippen LogP contribution in [0.25, 0.3) is 79.4 Å². The lowest BCUT2D eigenvalue weighted by molar-refractivity contribution is 0.584. The van der Waals surface area contributed by atoms with Crippen LogP contribution in [-0.4, -0.2) is 30.4 Å². The van der Waals surface area contributed by atoms with Crippen molar-refractivity contribution in [2.45, 2.75) is 27.7 Å². The molecule has 0 aliphatic heterocycles. The maximum atomic E-state index is 6.12. The lowest BCUT2D eigenvalue weighted by Crippen LogP contribution is -2.12. The number of hydrogen-bond donors (Lipinski definition) is 0. The third-order valence-corrected chi connectivity index (χ3v) is 13.3. The fourth-order valence-corrected chi connectivity index (χ4v) is 9.56. The maximum absolute atomic E-state index is 6.12. The average molecular weight is 961 g/mol. The van der Waals surface area contributed by atoms with Gasteiger partial charge in [-0.05, 0) is 183 Å². The van der Waals surface area contributed by atoms with E-state index >= 15 is 0 Å². The molecule has 10 nitrogen and oxygen atoms in total. The second-order valence-corrected chi connectivity index (χ2v) is 18.3. The fraction of sp³-hybridized carbons (Fsp3) is 0.0625. The Bertz CT molecular complexity index is 3680. The third kappa shape index (κ3) is 8.75. The van der Waals surface area contributed by atoms with E-state index in [1.54, 1.807) is 0 Å². The molecule has 0 radical (unpaired) electrons. The van der Waals surface area contributed by atoms with Gasteiger partial charge in [0.15, 0.2) is 0 Å². The highest BCUT2D eigenvalue weighted by atomic mass is 16.4. The van der Waals surface area contributed by atoms with E-state index in [2.05, 4.69) is 155 Å². The van der Waals surface area contributed by atoms with Crippen molar-refractivity contribution in [3.63, 3.8) is 0 Å². The van der Waals surface area contributed by atoms with Crippen LogP contribution in [0.1, 0.15) is 22.3 Å². The molecule has 9 aromatic carbocycles. The van der Waals surface area contributed by atoms with Crippen LogP contribution in [0, 0.1) is 27.7 Å². The van der Waals surface area contributed by atoms with E-state index < -0.39 is 0 Å². The minimum absolute atomic E-state index is 0.462. The molecular formula is C64H48N8O2. The summed E-state index contributed by atoms with van der Waals surface area (Å²) < 4.78 is 12.2. The number of aromatic nitrogens is 6. The largest absolute Gasteiger partial charge is 0.416 e. The second-order valence-electron chi connectivity index (χ2n) is 18.3. The van der Waals surface area contributed by atoms with Gasteiger partial charge in [-0.25, -0.2) is 9.97 Å². The molecule has 3 heterocycles. The minimum Gasteiger partial charge on any atom is -0.416 e. The highest BCUT2D eigenvalue weighted by Gasteiger charge is 2.24. The molecule has 12 aromatic rings. The SMILES string of the molecule is Cc1cc(N(c2ccccc2)c2ccc(-c3nnc(-c4ccccc4)o3)cc2)c(C)cc1-c1nc2ccccc2nc1-c1cc(C)c(N(c2ccccc2)c2ccc(-c3nnc(-c4ccccc4)o3)cc2)cc1C. The summed E-state index contributed by atoms with van der Waals surface area (Å²) in [6, 6.07) is 74.2. The van der Waals surface area contributed by atoms with E-state index in [4.69, 9.17) is 18.8 Å². The number of aryl methyl sites for hydroxylation is 4. The summed E-state index contributed by atoms with van der Waals surface area (Å²) in [5.74, 6) is 1.89. The van der Waals surface area contributed by atoms with Gasteiger partial charge >= 0.3 is 0 Å². The molecule has 0 N–H and O–H groups in total. The molecule has 0 saturated heterocycles. The van der Waals surface area contributed by atoms with Crippen LogP contribution in [0.2, 0.25) is 0 Å². The van der Waals surface area contributed by atoms with E-state index in [0.717, 1.165) is 112 Å². The number of hydrogen-bond acceptors (Lipinski definition) is 10. The van der Waals surface area contributed by atoms with Gasteiger partial charge in [0.2, 0.25) is 23.6 Å². The van der Waals surface area contributed by atoms with Gasteiger partial charge < -0.3 is 18.6 Å². The van der Waals surface area contributed by atoms with E-state index in [-0.39, 0.29) is 0 Å². The van der Waals surface area contributed by atoms with E-state index in [1.807, 2.05) is 121 Å². The molecule has 0 atom stereocenters. The first kappa shape index (κ1) is 45.3. The lowest BCUT2D eigenvalue weighted by Gasteiger charge is -2.29. The van der Waals surface area contributed by atoms with Crippen molar-refractivity contribution in [3.8, 4) is 68.3 Å². The first-order chi connectivity index (χ1) is 36.3. The van der Waals surface area contributed by atoms with Crippen LogP contribution in [0.3, 0.4) is 0 Å². The Balaban J connectivity index is 0.913. The number of benzene rings is 9. The van der Waals surface area contributed by atoms with Gasteiger partial charge in [-0.15, -0.1) is 20.4 Å². The van der Waals surface area contributed by atoms with Gasteiger partial charge in [-0.2, -0.15) is 0 Å². The second kappa shape index (κ2) is 19.4. The Morgan fingerprint density at radius 2 is 0.595 bits per heavy atom. The predicted molar refractivity (Wildman–Crippen MR) is 296 cm³/mol. The van der Waals surface area contributed by atoms with Crippen molar-refractivity contribution in [1.29, 1.82) is 0 Å². The minimum atomic E-state index is 0.462. The van der Waals surface area contributed by atoms with Crippen LogP contribution in [0.15, 0.2) is 227 Å². The Kier molecular flexibility index (Phi) is 11.9. The molecule has 0 amide bonds. The van der Waals surface area contributed by atoms with Crippen LogP contribution in [0.5, 0.6) is 0 Å². The standard InChI is InChI=1S/C64H48N8O2/c1-41-39-57(71(49-23-13-7-14-24-49)51-33-29-47(30-34-51)63-69-67-61(73-63)45-19-9-5-10-20-45)43(3)37-53(41)59-60(66-56-28-18-17-27-55(56)65-59)54-38-44(4)58(40-42(54)2)72(50-25-15-8-16-26-50)52-35-31-48(32-36-52)64-70-68-62(74-64)46-21-11-6-12-22-46/h5-40H,1-4H3. The molecule has 0 unspecified atom stereocenters. The molecule has 0 bridgehead atoms. The Morgan fingerprint density at radius 3 is 0.946 bits per heavy atom. The van der Waals surface area contributed by atoms with Gasteiger partial charge in [-0.1, -0.05) is 84.9 Å². The smallest absolute Gasteiger partial charge is 0.248 e. The highest BCUT2D eigenvalue weighted by molar-refractivity contribution is 5.91. The van der Waals surface area contributed by atoms with E-state index in [0.29, 0.717) is 23.6 Å². The third-order valence-electron chi connectivity index (χ3n) is 13.3. The molecule has 74 heavy (non-hydrogen) atoms. The quantitative estimate of drug-likeness (QED) is 0.117. The summed E-state index contributed by atoms with van der Waals surface area (Å²) in [6.45, 7) is 8.66. The zero-order valence-electron chi connectivity index (χ0n) is 41.2. The fourth-order valence-electron chi connectivity index (χ4n) is 9.56. The predicted octanol–water partition coefficient (Wildman–Crippen LogP) is 16.6. The van der Waals surface area contributed by atoms with Gasteiger partial charge in [-0.3, -0.25) is 0 Å². The molecule has 10 heteroatoms. The first-order valence-corrected chi connectivity index (χ1v) is 24.5. The topological polar surface area (TPSA) is 110 Å². The van der Waals surface area contributed by atoms with Gasteiger partial charge in [0.05, 0.1) is 22.4 Å². The van der Waals surface area contributed by atoms with Crippen molar-refractivity contribution < 1.29 is 8.83 Å².